The van der Waals surface area contributed by atoms with Gasteiger partial charge in [0, 0.05) is 23.8 Å². The Morgan fingerprint density at radius 2 is 1.95 bits per heavy atom. The molecule has 1 aromatic heterocycles. The van der Waals surface area contributed by atoms with Crippen molar-refractivity contribution < 1.29 is 9.90 Å². The van der Waals surface area contributed by atoms with Gasteiger partial charge in [-0.2, -0.15) is 0 Å². The van der Waals surface area contributed by atoms with E-state index in [4.69, 9.17) is 0 Å². The fourth-order valence-electron chi connectivity index (χ4n) is 1.66. The summed E-state index contributed by atoms with van der Waals surface area (Å²) in [5, 5.41) is 12.4. The SMILES string of the molecule is O=C(NCCCSc1ccncc1)c1ccccc1O. The normalized spacial score (nSPS) is 10.2. The van der Waals surface area contributed by atoms with Crippen LogP contribution in [0.4, 0.5) is 0 Å². The molecule has 2 aromatic rings. The van der Waals surface area contributed by atoms with Crippen LogP contribution in [0.15, 0.2) is 53.7 Å². The van der Waals surface area contributed by atoms with Gasteiger partial charge in [-0.15, -0.1) is 11.8 Å². The fourth-order valence-corrected chi connectivity index (χ4v) is 2.50. The highest BCUT2D eigenvalue weighted by atomic mass is 32.2. The van der Waals surface area contributed by atoms with Gasteiger partial charge in [-0.05, 0) is 36.4 Å². The van der Waals surface area contributed by atoms with Gasteiger partial charge in [-0.3, -0.25) is 9.78 Å². The highest BCUT2D eigenvalue weighted by Crippen LogP contribution is 2.17. The van der Waals surface area contributed by atoms with E-state index in [1.54, 1.807) is 42.4 Å². The zero-order valence-electron chi connectivity index (χ0n) is 11.0. The molecular formula is C15H16N2O2S. The molecule has 0 atom stereocenters. The maximum absolute atomic E-state index is 11.8. The molecule has 104 valence electrons. The number of aromatic hydroxyl groups is 1. The van der Waals surface area contributed by atoms with Gasteiger partial charge >= 0.3 is 0 Å². The van der Waals surface area contributed by atoms with Crippen molar-refractivity contribution >= 4 is 17.7 Å². The number of pyridine rings is 1. The molecule has 0 spiro atoms. The van der Waals surface area contributed by atoms with Gasteiger partial charge in [0.25, 0.3) is 5.91 Å². The molecule has 5 heteroatoms. The van der Waals surface area contributed by atoms with Gasteiger partial charge in [0.1, 0.15) is 5.75 Å². The predicted molar refractivity (Wildman–Crippen MR) is 80.0 cm³/mol. The molecule has 0 unspecified atom stereocenters. The molecule has 4 nitrogen and oxygen atoms in total. The van der Waals surface area contributed by atoms with Crippen molar-refractivity contribution in [2.45, 2.75) is 11.3 Å². The first-order chi connectivity index (χ1) is 9.77. The van der Waals surface area contributed by atoms with Gasteiger partial charge in [0.05, 0.1) is 5.56 Å². The lowest BCUT2D eigenvalue weighted by Gasteiger charge is -2.06. The van der Waals surface area contributed by atoms with Crippen molar-refractivity contribution in [3.8, 4) is 5.75 Å². The molecule has 2 N–H and O–H groups in total. The lowest BCUT2D eigenvalue weighted by atomic mass is 10.2. The standard InChI is InChI=1S/C15H16N2O2S/c18-14-5-2-1-4-13(14)15(19)17-8-3-11-20-12-6-9-16-10-7-12/h1-2,4-7,9-10,18H,3,8,11H2,(H,17,19). The minimum Gasteiger partial charge on any atom is -0.507 e. The molecule has 0 aliphatic heterocycles. The van der Waals surface area contributed by atoms with Crippen LogP contribution >= 0.6 is 11.8 Å². The number of thioether (sulfide) groups is 1. The van der Waals surface area contributed by atoms with Crippen LogP contribution in [0, 0.1) is 0 Å². The Bertz CT molecular complexity index is 561. The van der Waals surface area contributed by atoms with Gasteiger partial charge in [0.15, 0.2) is 0 Å². The molecular weight excluding hydrogens is 272 g/mol. The molecule has 0 radical (unpaired) electrons. The lowest BCUT2D eigenvalue weighted by molar-refractivity contribution is 0.0951. The molecule has 20 heavy (non-hydrogen) atoms. The first-order valence-corrected chi connectivity index (χ1v) is 7.35. The summed E-state index contributed by atoms with van der Waals surface area (Å²) in [5.41, 5.74) is 0.314. The van der Waals surface area contributed by atoms with Gasteiger partial charge in [-0.1, -0.05) is 12.1 Å². The molecule has 0 aliphatic rings. The number of hydrogen-bond donors (Lipinski definition) is 2. The lowest BCUT2D eigenvalue weighted by Crippen LogP contribution is -2.24. The summed E-state index contributed by atoms with van der Waals surface area (Å²) in [7, 11) is 0. The van der Waals surface area contributed by atoms with E-state index >= 15 is 0 Å². The van der Waals surface area contributed by atoms with E-state index < -0.39 is 0 Å². The Hall–Kier alpha value is -2.01. The van der Waals surface area contributed by atoms with Crippen LogP contribution < -0.4 is 5.32 Å². The van der Waals surface area contributed by atoms with Crippen molar-refractivity contribution in [2.75, 3.05) is 12.3 Å². The Labute approximate surface area is 122 Å². The van der Waals surface area contributed by atoms with Crippen molar-refractivity contribution in [3.63, 3.8) is 0 Å². The van der Waals surface area contributed by atoms with Gasteiger partial charge in [0.2, 0.25) is 0 Å². The number of nitrogens with one attached hydrogen (secondary N) is 1. The summed E-state index contributed by atoms with van der Waals surface area (Å²) in [6.07, 6.45) is 4.40. The average molecular weight is 288 g/mol. The number of rotatable bonds is 6. The Morgan fingerprint density at radius 1 is 1.20 bits per heavy atom. The average Bonchev–Trinajstić information content (AvgIpc) is 2.48. The Morgan fingerprint density at radius 3 is 2.70 bits per heavy atom. The molecule has 0 bridgehead atoms. The van der Waals surface area contributed by atoms with Crippen molar-refractivity contribution in [2.24, 2.45) is 0 Å². The van der Waals surface area contributed by atoms with Crippen molar-refractivity contribution in [3.05, 3.63) is 54.4 Å². The van der Waals surface area contributed by atoms with Crippen LogP contribution in [0.5, 0.6) is 5.75 Å². The minimum atomic E-state index is -0.239. The number of nitrogens with zero attached hydrogens (tertiary/aromatic N) is 1. The van der Waals surface area contributed by atoms with Crippen LogP contribution in [0.3, 0.4) is 0 Å². The summed E-state index contributed by atoms with van der Waals surface area (Å²) >= 11 is 1.73. The fraction of sp³-hybridized carbons (Fsp3) is 0.200. The monoisotopic (exact) mass is 288 g/mol. The van der Waals surface area contributed by atoms with Crippen molar-refractivity contribution in [1.29, 1.82) is 0 Å². The zero-order chi connectivity index (χ0) is 14.2. The van der Waals surface area contributed by atoms with E-state index in [-0.39, 0.29) is 11.7 Å². The molecule has 0 fully saturated rings. The van der Waals surface area contributed by atoms with Crippen LogP contribution in [-0.4, -0.2) is 28.3 Å². The highest BCUT2D eigenvalue weighted by Gasteiger charge is 2.08. The topological polar surface area (TPSA) is 62.2 Å². The second-order valence-corrected chi connectivity index (χ2v) is 5.33. The number of carbonyl (C=O) groups excluding carboxylic acids is 1. The summed E-state index contributed by atoms with van der Waals surface area (Å²) in [4.78, 5) is 16.9. The van der Waals surface area contributed by atoms with Gasteiger partial charge in [-0.25, -0.2) is 0 Å². The van der Waals surface area contributed by atoms with E-state index in [0.29, 0.717) is 12.1 Å². The molecule has 1 heterocycles. The van der Waals surface area contributed by atoms with Crippen LogP contribution in [0.25, 0.3) is 0 Å². The first-order valence-electron chi connectivity index (χ1n) is 6.36. The number of amides is 1. The second kappa shape index (κ2) is 7.55. The summed E-state index contributed by atoms with van der Waals surface area (Å²) in [6.45, 7) is 0.589. The second-order valence-electron chi connectivity index (χ2n) is 4.16. The molecule has 0 saturated heterocycles. The third kappa shape index (κ3) is 4.28. The van der Waals surface area contributed by atoms with Crippen LogP contribution in [0.2, 0.25) is 0 Å². The van der Waals surface area contributed by atoms with E-state index in [1.165, 1.54) is 11.0 Å². The summed E-state index contributed by atoms with van der Waals surface area (Å²) in [6, 6.07) is 10.5. The Kier molecular flexibility index (Phi) is 5.43. The molecule has 2 rings (SSSR count). The largest absolute Gasteiger partial charge is 0.507 e. The number of phenolic OH excluding ortho intramolecular Hbond substituents is 1. The summed E-state index contributed by atoms with van der Waals surface area (Å²) < 4.78 is 0. The zero-order valence-corrected chi connectivity index (χ0v) is 11.8. The number of para-hydroxylation sites is 1. The number of aromatic nitrogens is 1. The summed E-state index contributed by atoms with van der Waals surface area (Å²) in [5.74, 6) is 0.693. The van der Waals surface area contributed by atoms with Crippen LogP contribution in [0.1, 0.15) is 16.8 Å². The third-order valence-corrected chi connectivity index (χ3v) is 3.77. The molecule has 1 amide bonds. The molecule has 1 aromatic carbocycles. The van der Waals surface area contributed by atoms with Crippen LogP contribution in [-0.2, 0) is 0 Å². The highest BCUT2D eigenvalue weighted by molar-refractivity contribution is 7.99. The predicted octanol–water partition coefficient (Wildman–Crippen LogP) is 2.70. The Balaban J connectivity index is 1.69. The number of carbonyl (C=O) groups is 1. The first kappa shape index (κ1) is 14.4. The van der Waals surface area contributed by atoms with E-state index in [2.05, 4.69) is 10.3 Å². The number of phenols is 1. The smallest absolute Gasteiger partial charge is 0.255 e. The number of benzene rings is 1. The maximum atomic E-state index is 11.8. The van der Waals surface area contributed by atoms with Gasteiger partial charge < -0.3 is 10.4 Å². The minimum absolute atomic E-state index is 0.0103. The third-order valence-electron chi connectivity index (χ3n) is 2.67. The molecule has 0 aliphatic carbocycles. The van der Waals surface area contributed by atoms with E-state index in [1.807, 2.05) is 12.1 Å². The quantitative estimate of drug-likeness (QED) is 0.634. The molecule has 0 saturated carbocycles. The van der Waals surface area contributed by atoms with E-state index in [9.17, 15) is 9.90 Å². The maximum Gasteiger partial charge on any atom is 0.255 e. The van der Waals surface area contributed by atoms with Crippen molar-refractivity contribution in [1.82, 2.24) is 10.3 Å². The van der Waals surface area contributed by atoms with E-state index in [0.717, 1.165) is 12.2 Å². The number of hydrogen-bond acceptors (Lipinski definition) is 4.